The number of non-ortho nitro benzene ring substituents is 1. The van der Waals surface area contributed by atoms with Gasteiger partial charge in [-0.2, -0.15) is 4.31 Å². The lowest BCUT2D eigenvalue weighted by atomic mass is 10.2. The number of rotatable bonds is 4. The molecule has 0 spiro atoms. The van der Waals surface area contributed by atoms with Crippen LogP contribution in [0.2, 0.25) is 0 Å². The second kappa shape index (κ2) is 6.06. The summed E-state index contributed by atoms with van der Waals surface area (Å²) >= 11 is 0. The van der Waals surface area contributed by atoms with Crippen molar-refractivity contribution in [2.45, 2.75) is 24.0 Å². The van der Waals surface area contributed by atoms with Crippen LogP contribution in [0, 0.1) is 10.1 Å². The molecule has 0 bridgehead atoms. The van der Waals surface area contributed by atoms with Crippen molar-refractivity contribution in [2.24, 2.45) is 5.73 Å². The lowest BCUT2D eigenvalue weighted by molar-refractivity contribution is -0.384. The first-order valence-electron chi connectivity index (χ1n) is 6.44. The Kier molecular flexibility index (Phi) is 4.57. The summed E-state index contributed by atoms with van der Waals surface area (Å²) in [5.74, 6) is 0. The largest absolute Gasteiger partial charge is 0.374 e. The minimum atomic E-state index is -3.70. The highest BCUT2D eigenvalue weighted by molar-refractivity contribution is 7.89. The van der Waals surface area contributed by atoms with Crippen molar-refractivity contribution in [3.63, 3.8) is 0 Å². The molecule has 1 saturated heterocycles. The van der Waals surface area contributed by atoms with E-state index in [0.29, 0.717) is 0 Å². The average Bonchev–Trinajstić information content (AvgIpc) is 2.47. The molecule has 116 valence electrons. The molecule has 9 heteroatoms. The molecule has 2 atom stereocenters. The molecule has 1 aromatic carbocycles. The van der Waals surface area contributed by atoms with E-state index < -0.39 is 14.9 Å². The van der Waals surface area contributed by atoms with Crippen LogP contribution in [0.1, 0.15) is 6.92 Å². The van der Waals surface area contributed by atoms with Crippen LogP contribution < -0.4 is 5.73 Å². The maximum absolute atomic E-state index is 12.5. The van der Waals surface area contributed by atoms with E-state index in [0.717, 1.165) is 0 Å². The number of morpholine rings is 1. The molecular weight excluding hydrogens is 298 g/mol. The molecule has 0 amide bonds. The molecule has 0 radical (unpaired) electrons. The molecule has 1 heterocycles. The molecule has 1 aliphatic heterocycles. The van der Waals surface area contributed by atoms with Crippen molar-refractivity contribution < 1.29 is 18.1 Å². The second-order valence-electron chi connectivity index (χ2n) is 4.88. The number of hydrogen-bond donors (Lipinski definition) is 1. The topological polar surface area (TPSA) is 116 Å². The van der Waals surface area contributed by atoms with Gasteiger partial charge in [-0.15, -0.1) is 0 Å². The Bertz CT molecular complexity index is 614. The van der Waals surface area contributed by atoms with Gasteiger partial charge in [0, 0.05) is 31.3 Å². The first-order valence-corrected chi connectivity index (χ1v) is 7.88. The third-order valence-corrected chi connectivity index (χ3v) is 5.21. The molecule has 1 fully saturated rings. The van der Waals surface area contributed by atoms with Crippen molar-refractivity contribution in [3.05, 3.63) is 34.4 Å². The number of nitrogens with two attached hydrogens (primary N) is 1. The Hall–Kier alpha value is -1.55. The van der Waals surface area contributed by atoms with Crippen LogP contribution in [0.15, 0.2) is 29.2 Å². The van der Waals surface area contributed by atoms with Gasteiger partial charge in [0.15, 0.2) is 0 Å². The van der Waals surface area contributed by atoms with Gasteiger partial charge < -0.3 is 10.5 Å². The van der Waals surface area contributed by atoms with Gasteiger partial charge in [-0.1, -0.05) is 0 Å². The minimum absolute atomic E-state index is 0.0263. The van der Waals surface area contributed by atoms with E-state index in [1.165, 1.54) is 28.6 Å². The van der Waals surface area contributed by atoms with Gasteiger partial charge in [-0.05, 0) is 19.1 Å². The van der Waals surface area contributed by atoms with Crippen molar-refractivity contribution in [2.75, 3.05) is 19.7 Å². The number of ether oxygens (including phenoxy) is 1. The maximum Gasteiger partial charge on any atom is 0.269 e. The van der Waals surface area contributed by atoms with E-state index in [1.807, 2.05) is 0 Å². The van der Waals surface area contributed by atoms with Crippen LogP contribution in [-0.2, 0) is 14.8 Å². The first kappa shape index (κ1) is 15.8. The van der Waals surface area contributed by atoms with Crippen LogP contribution in [-0.4, -0.2) is 49.5 Å². The van der Waals surface area contributed by atoms with Crippen LogP contribution in [0.5, 0.6) is 0 Å². The fourth-order valence-electron chi connectivity index (χ4n) is 2.08. The summed E-state index contributed by atoms with van der Waals surface area (Å²) in [5, 5.41) is 10.6. The zero-order valence-electron chi connectivity index (χ0n) is 11.5. The van der Waals surface area contributed by atoms with E-state index in [1.54, 1.807) is 6.92 Å². The molecular formula is C12H17N3O5S. The van der Waals surface area contributed by atoms with Gasteiger partial charge in [-0.3, -0.25) is 10.1 Å². The van der Waals surface area contributed by atoms with Gasteiger partial charge in [0.1, 0.15) is 0 Å². The standard InChI is InChI=1S/C12H17N3O5S/c1-9(13)12-8-14(6-7-20-12)21(18,19)11-4-2-10(3-5-11)15(16)17/h2-5,9,12H,6-8,13H2,1H3. The SMILES string of the molecule is CC(N)C1CN(S(=O)(=O)c2ccc([N+](=O)[O-])cc2)CCO1. The Morgan fingerprint density at radius 3 is 2.57 bits per heavy atom. The molecule has 0 saturated carbocycles. The highest BCUT2D eigenvalue weighted by atomic mass is 32.2. The molecule has 0 aliphatic carbocycles. The third-order valence-electron chi connectivity index (χ3n) is 3.33. The smallest absolute Gasteiger partial charge is 0.269 e. The first-order chi connectivity index (χ1) is 9.82. The fraction of sp³-hybridized carbons (Fsp3) is 0.500. The molecule has 2 unspecified atom stereocenters. The van der Waals surface area contributed by atoms with E-state index in [4.69, 9.17) is 10.5 Å². The lowest BCUT2D eigenvalue weighted by Crippen LogP contribution is -2.51. The third kappa shape index (κ3) is 3.38. The molecule has 8 nitrogen and oxygen atoms in total. The number of nitro groups is 1. The number of nitro benzene ring substituents is 1. The summed E-state index contributed by atoms with van der Waals surface area (Å²) in [6.45, 7) is 2.45. The molecule has 2 rings (SSSR count). The van der Waals surface area contributed by atoms with Gasteiger partial charge in [0.25, 0.3) is 5.69 Å². The van der Waals surface area contributed by atoms with Gasteiger partial charge in [-0.25, -0.2) is 8.42 Å². The van der Waals surface area contributed by atoms with Gasteiger partial charge >= 0.3 is 0 Å². The Morgan fingerprint density at radius 1 is 1.43 bits per heavy atom. The van der Waals surface area contributed by atoms with E-state index >= 15 is 0 Å². The second-order valence-corrected chi connectivity index (χ2v) is 6.82. The molecule has 21 heavy (non-hydrogen) atoms. The monoisotopic (exact) mass is 315 g/mol. The predicted octanol–water partition coefficient (Wildman–Crippen LogP) is 0.331. The Labute approximate surface area is 122 Å². The van der Waals surface area contributed by atoms with Crippen molar-refractivity contribution in [3.8, 4) is 0 Å². The predicted molar refractivity (Wildman–Crippen MR) is 75.2 cm³/mol. The summed E-state index contributed by atoms with van der Waals surface area (Å²) < 4.78 is 31.7. The van der Waals surface area contributed by atoms with Crippen molar-refractivity contribution >= 4 is 15.7 Å². The number of nitrogens with zero attached hydrogens (tertiary/aromatic N) is 2. The molecule has 1 aliphatic rings. The van der Waals surface area contributed by atoms with E-state index in [9.17, 15) is 18.5 Å². The highest BCUT2D eigenvalue weighted by Gasteiger charge is 2.32. The van der Waals surface area contributed by atoms with E-state index in [-0.39, 0.29) is 42.4 Å². The van der Waals surface area contributed by atoms with Crippen LogP contribution in [0.3, 0.4) is 0 Å². The zero-order chi connectivity index (χ0) is 15.6. The number of hydrogen-bond acceptors (Lipinski definition) is 6. The van der Waals surface area contributed by atoms with Crippen LogP contribution >= 0.6 is 0 Å². The van der Waals surface area contributed by atoms with E-state index in [2.05, 4.69) is 0 Å². The lowest BCUT2D eigenvalue weighted by Gasteiger charge is -2.33. The summed E-state index contributed by atoms with van der Waals surface area (Å²) in [5.41, 5.74) is 5.59. The zero-order valence-corrected chi connectivity index (χ0v) is 12.3. The number of benzene rings is 1. The minimum Gasteiger partial charge on any atom is -0.374 e. The highest BCUT2D eigenvalue weighted by Crippen LogP contribution is 2.21. The quantitative estimate of drug-likeness (QED) is 0.632. The molecule has 1 aromatic rings. The average molecular weight is 315 g/mol. The van der Waals surface area contributed by atoms with Crippen molar-refractivity contribution in [1.82, 2.24) is 4.31 Å². The number of sulfonamides is 1. The van der Waals surface area contributed by atoms with Crippen molar-refractivity contribution in [1.29, 1.82) is 0 Å². The Morgan fingerprint density at radius 2 is 2.05 bits per heavy atom. The molecule has 0 aromatic heterocycles. The normalized spacial score (nSPS) is 21.9. The van der Waals surface area contributed by atoms with Gasteiger partial charge in [0.05, 0.1) is 22.5 Å². The van der Waals surface area contributed by atoms with Crippen LogP contribution in [0.25, 0.3) is 0 Å². The van der Waals surface area contributed by atoms with Crippen LogP contribution in [0.4, 0.5) is 5.69 Å². The summed E-state index contributed by atoms with van der Waals surface area (Å²) in [4.78, 5) is 10.1. The fourth-order valence-corrected chi connectivity index (χ4v) is 3.51. The summed E-state index contributed by atoms with van der Waals surface area (Å²) in [6, 6.07) is 4.56. The maximum atomic E-state index is 12.5. The Balaban J connectivity index is 2.22. The summed E-state index contributed by atoms with van der Waals surface area (Å²) in [6.07, 6.45) is -0.355. The van der Waals surface area contributed by atoms with Gasteiger partial charge in [0.2, 0.25) is 10.0 Å². The summed E-state index contributed by atoms with van der Waals surface area (Å²) in [7, 11) is -3.70. The molecule has 2 N–H and O–H groups in total.